The zero-order valence-electron chi connectivity index (χ0n) is 17.6. The van der Waals surface area contributed by atoms with Crippen LogP contribution in [0.4, 0.5) is 0 Å². The second-order valence-corrected chi connectivity index (χ2v) is 8.53. The Balaban J connectivity index is 1.79. The van der Waals surface area contributed by atoms with E-state index in [1.54, 1.807) is 0 Å². The van der Waals surface area contributed by atoms with Gasteiger partial charge in [0.1, 0.15) is 5.60 Å². The van der Waals surface area contributed by atoms with E-state index in [1.807, 2.05) is 42.5 Å². The summed E-state index contributed by atoms with van der Waals surface area (Å²) in [7, 11) is 0. The number of benzene rings is 3. The molecule has 0 aliphatic carbocycles. The van der Waals surface area contributed by atoms with E-state index < -0.39 is 5.60 Å². The lowest BCUT2D eigenvalue weighted by Crippen LogP contribution is -2.54. The molecule has 0 aromatic heterocycles. The maximum Gasteiger partial charge on any atom is 0.132 e. The molecular weight excluding hydrogens is 366 g/mol. The van der Waals surface area contributed by atoms with E-state index in [9.17, 15) is 5.11 Å². The smallest absolute Gasteiger partial charge is 0.132 e. The number of aliphatic hydroxyl groups is 1. The van der Waals surface area contributed by atoms with Gasteiger partial charge in [-0.3, -0.25) is 0 Å². The second-order valence-electron chi connectivity index (χ2n) is 8.53. The fraction of sp³-hybridized carbons (Fsp3) is 0.286. The second kappa shape index (κ2) is 8.88. The van der Waals surface area contributed by atoms with E-state index >= 15 is 0 Å². The standard InChI is InChI=1S/C28H29NO/c1-21(2)26-27(24-16-10-5-11-17-24)29-25(23-14-8-4-9-15-23)20-28(26,30)19-18-22-12-6-3-7-13-22/h3-17,21,25-27,29-30H,20H2,1-2H3/t25-,26+,27-,28+/m0/s1. The first-order chi connectivity index (χ1) is 14.6. The van der Waals surface area contributed by atoms with Crippen molar-refractivity contribution in [1.29, 1.82) is 0 Å². The van der Waals surface area contributed by atoms with Crippen molar-refractivity contribution < 1.29 is 5.11 Å². The molecule has 4 atom stereocenters. The molecule has 1 saturated heterocycles. The van der Waals surface area contributed by atoms with E-state index in [1.165, 1.54) is 11.1 Å². The van der Waals surface area contributed by atoms with E-state index in [0.717, 1.165) is 5.56 Å². The molecule has 2 nitrogen and oxygen atoms in total. The Bertz CT molecular complexity index is 1000. The van der Waals surface area contributed by atoms with Gasteiger partial charge < -0.3 is 10.4 Å². The van der Waals surface area contributed by atoms with Crippen molar-refractivity contribution in [2.75, 3.05) is 0 Å². The average Bonchev–Trinajstić information content (AvgIpc) is 2.79. The maximum absolute atomic E-state index is 12.0. The molecule has 3 aromatic rings. The summed E-state index contributed by atoms with van der Waals surface area (Å²) in [4.78, 5) is 0. The molecule has 0 bridgehead atoms. The van der Waals surface area contributed by atoms with Gasteiger partial charge in [-0.05, 0) is 29.2 Å². The van der Waals surface area contributed by atoms with Crippen LogP contribution in [-0.2, 0) is 0 Å². The quantitative estimate of drug-likeness (QED) is 0.573. The highest BCUT2D eigenvalue weighted by Gasteiger charge is 2.48. The summed E-state index contributed by atoms with van der Waals surface area (Å²) < 4.78 is 0. The Hall–Kier alpha value is -2.86. The summed E-state index contributed by atoms with van der Waals surface area (Å²) in [6.45, 7) is 4.36. The molecule has 0 spiro atoms. The van der Waals surface area contributed by atoms with Crippen molar-refractivity contribution in [2.45, 2.75) is 38.0 Å². The highest BCUT2D eigenvalue weighted by molar-refractivity contribution is 5.38. The largest absolute Gasteiger partial charge is 0.377 e. The van der Waals surface area contributed by atoms with Crippen LogP contribution in [0.2, 0.25) is 0 Å². The highest BCUT2D eigenvalue weighted by atomic mass is 16.3. The lowest BCUT2D eigenvalue weighted by Gasteiger charge is -2.48. The number of hydrogen-bond donors (Lipinski definition) is 2. The normalized spacial score (nSPS) is 26.1. The Morgan fingerprint density at radius 1 is 0.833 bits per heavy atom. The van der Waals surface area contributed by atoms with Gasteiger partial charge >= 0.3 is 0 Å². The average molecular weight is 396 g/mol. The predicted molar refractivity (Wildman–Crippen MR) is 123 cm³/mol. The molecule has 1 aliphatic rings. The zero-order chi connectivity index (χ0) is 21.0. The van der Waals surface area contributed by atoms with Crippen molar-refractivity contribution in [3.63, 3.8) is 0 Å². The maximum atomic E-state index is 12.0. The van der Waals surface area contributed by atoms with Crippen molar-refractivity contribution >= 4 is 0 Å². The molecule has 4 rings (SSSR count). The van der Waals surface area contributed by atoms with Crippen molar-refractivity contribution in [3.8, 4) is 11.8 Å². The molecule has 152 valence electrons. The van der Waals surface area contributed by atoms with Gasteiger partial charge in [-0.2, -0.15) is 0 Å². The molecule has 30 heavy (non-hydrogen) atoms. The van der Waals surface area contributed by atoms with Gasteiger partial charge in [0.15, 0.2) is 0 Å². The van der Waals surface area contributed by atoms with Gasteiger partial charge in [0.2, 0.25) is 0 Å². The summed E-state index contributed by atoms with van der Waals surface area (Å²) in [6, 6.07) is 30.8. The van der Waals surface area contributed by atoms with Crippen molar-refractivity contribution in [1.82, 2.24) is 5.32 Å². The van der Waals surface area contributed by atoms with Crippen LogP contribution in [0, 0.1) is 23.7 Å². The number of hydrogen-bond acceptors (Lipinski definition) is 2. The Morgan fingerprint density at radius 2 is 1.37 bits per heavy atom. The van der Waals surface area contributed by atoms with Crippen LogP contribution in [0.25, 0.3) is 0 Å². The van der Waals surface area contributed by atoms with Gasteiger partial charge in [-0.1, -0.05) is 105 Å². The first kappa shape index (κ1) is 20.4. The molecular formula is C28H29NO. The molecule has 1 aliphatic heterocycles. The molecule has 0 radical (unpaired) electrons. The monoisotopic (exact) mass is 395 g/mol. The van der Waals surface area contributed by atoms with E-state index in [2.05, 4.69) is 79.5 Å². The Labute approximate surface area is 180 Å². The third-order valence-electron chi connectivity index (χ3n) is 6.08. The molecule has 2 heteroatoms. The van der Waals surface area contributed by atoms with Crippen LogP contribution in [0.3, 0.4) is 0 Å². The van der Waals surface area contributed by atoms with Crippen LogP contribution in [0.15, 0.2) is 91.0 Å². The molecule has 0 unspecified atom stereocenters. The fourth-order valence-corrected chi connectivity index (χ4v) is 4.74. The van der Waals surface area contributed by atoms with Crippen LogP contribution in [0.5, 0.6) is 0 Å². The fourth-order valence-electron chi connectivity index (χ4n) is 4.74. The van der Waals surface area contributed by atoms with Gasteiger partial charge in [-0.25, -0.2) is 0 Å². The SMILES string of the molecule is CC(C)[C@@H]1[C@H](c2ccccc2)N[C@H](c2ccccc2)C[C@]1(O)C#Cc1ccccc1. The molecule has 0 amide bonds. The first-order valence-electron chi connectivity index (χ1n) is 10.7. The topological polar surface area (TPSA) is 32.3 Å². The number of rotatable bonds is 3. The van der Waals surface area contributed by atoms with E-state index in [0.29, 0.717) is 6.42 Å². The lowest BCUT2D eigenvalue weighted by atomic mass is 9.67. The minimum absolute atomic E-state index is 0.0141. The van der Waals surface area contributed by atoms with Crippen LogP contribution < -0.4 is 5.32 Å². The van der Waals surface area contributed by atoms with E-state index in [4.69, 9.17) is 0 Å². The van der Waals surface area contributed by atoms with Crippen molar-refractivity contribution in [2.24, 2.45) is 11.8 Å². The third-order valence-corrected chi connectivity index (χ3v) is 6.08. The third kappa shape index (κ3) is 4.33. The summed E-state index contributed by atoms with van der Waals surface area (Å²) in [5.74, 6) is 6.79. The van der Waals surface area contributed by atoms with Crippen LogP contribution in [-0.4, -0.2) is 10.7 Å². The molecule has 2 N–H and O–H groups in total. The molecule has 0 saturated carbocycles. The minimum Gasteiger partial charge on any atom is -0.377 e. The Kier molecular flexibility index (Phi) is 6.04. The molecule has 1 heterocycles. The van der Waals surface area contributed by atoms with E-state index in [-0.39, 0.29) is 23.9 Å². The molecule has 1 fully saturated rings. The summed E-state index contributed by atoms with van der Waals surface area (Å²) in [5.41, 5.74) is 2.20. The predicted octanol–water partition coefficient (Wildman–Crippen LogP) is 5.52. The van der Waals surface area contributed by atoms with Crippen LogP contribution in [0.1, 0.15) is 49.0 Å². The minimum atomic E-state index is -1.10. The summed E-state index contributed by atoms with van der Waals surface area (Å²) in [6.07, 6.45) is 0.559. The number of nitrogens with one attached hydrogen (secondary N) is 1. The summed E-state index contributed by atoms with van der Waals surface area (Å²) >= 11 is 0. The zero-order valence-corrected chi connectivity index (χ0v) is 17.6. The Morgan fingerprint density at radius 3 is 1.93 bits per heavy atom. The van der Waals surface area contributed by atoms with Crippen LogP contribution >= 0.6 is 0 Å². The van der Waals surface area contributed by atoms with Gasteiger partial charge in [0, 0.05) is 30.0 Å². The summed E-state index contributed by atoms with van der Waals surface area (Å²) in [5, 5.41) is 15.9. The first-order valence-corrected chi connectivity index (χ1v) is 10.7. The van der Waals surface area contributed by atoms with Crippen molar-refractivity contribution in [3.05, 3.63) is 108 Å². The highest BCUT2D eigenvalue weighted by Crippen LogP contribution is 2.46. The van der Waals surface area contributed by atoms with Gasteiger partial charge in [0.25, 0.3) is 0 Å². The lowest BCUT2D eigenvalue weighted by molar-refractivity contribution is -0.0478. The molecule has 3 aromatic carbocycles. The van der Waals surface area contributed by atoms with Gasteiger partial charge in [0.05, 0.1) is 0 Å². The van der Waals surface area contributed by atoms with Gasteiger partial charge in [-0.15, -0.1) is 0 Å². The number of piperidine rings is 1.